The average molecular weight is 622 g/mol. The lowest BCUT2D eigenvalue weighted by molar-refractivity contribution is -0.143. The van der Waals surface area contributed by atoms with Crippen LogP contribution in [-0.2, 0) is 26.2 Å². The summed E-state index contributed by atoms with van der Waals surface area (Å²) < 4.78 is 60.4. The topological polar surface area (TPSA) is 105 Å². The van der Waals surface area contributed by atoms with E-state index in [-0.39, 0.29) is 28.8 Å². The van der Waals surface area contributed by atoms with Gasteiger partial charge in [0, 0.05) is 18.8 Å². The van der Waals surface area contributed by atoms with Crippen LogP contribution in [-0.4, -0.2) is 38.3 Å². The number of ether oxygens (including phenoxy) is 1. The summed E-state index contributed by atoms with van der Waals surface area (Å²) in [5.41, 5.74) is 1.41. The fraction of sp³-hybridized carbons (Fsp3) is 0.212. The summed E-state index contributed by atoms with van der Waals surface area (Å²) >= 11 is 0. The van der Waals surface area contributed by atoms with E-state index in [9.17, 15) is 26.8 Å². The molecule has 0 saturated carbocycles. The highest BCUT2D eigenvalue weighted by atomic mass is 32.2. The Labute approximate surface area is 255 Å². The van der Waals surface area contributed by atoms with Gasteiger partial charge in [-0.15, -0.1) is 0 Å². The summed E-state index contributed by atoms with van der Waals surface area (Å²) in [7, 11) is -3.96. The van der Waals surface area contributed by atoms with Gasteiger partial charge in [0.25, 0.3) is 15.9 Å². The molecule has 0 fully saturated rings. The zero-order valence-corrected chi connectivity index (χ0v) is 24.9. The van der Waals surface area contributed by atoms with E-state index in [1.807, 2.05) is 13.0 Å². The smallest absolute Gasteiger partial charge is 0.261 e. The Kier molecular flexibility index (Phi) is 11.0. The Morgan fingerprint density at radius 3 is 2.07 bits per heavy atom. The van der Waals surface area contributed by atoms with Gasteiger partial charge in [0.15, 0.2) is 6.61 Å². The molecule has 0 aromatic heterocycles. The standard InChI is InChI=1S/C33H33F2N3O5S/c1-2-3-21-36-33(40)32(25-7-5-4-6-8-25)38(22-24-9-11-26(34)12-10-24)31(39)23-43-29-17-19-30(20-18-29)44(41,42)37-28-15-13-27(35)14-16-28/h4-20,32,37H,2-3,21-23H2,1H3,(H,36,40)/t32-/m1/s1. The van der Waals surface area contributed by atoms with Gasteiger partial charge in [0.2, 0.25) is 5.91 Å². The molecule has 4 aromatic rings. The molecule has 4 aromatic carbocycles. The number of amides is 2. The molecule has 0 aliphatic rings. The number of unbranched alkanes of at least 4 members (excludes halogenated alkanes) is 1. The Morgan fingerprint density at radius 2 is 1.45 bits per heavy atom. The predicted octanol–water partition coefficient (Wildman–Crippen LogP) is 5.83. The first-order chi connectivity index (χ1) is 21.2. The van der Waals surface area contributed by atoms with Gasteiger partial charge in [-0.25, -0.2) is 17.2 Å². The largest absolute Gasteiger partial charge is 0.484 e. The number of hydrogen-bond acceptors (Lipinski definition) is 5. The van der Waals surface area contributed by atoms with Gasteiger partial charge in [0.05, 0.1) is 4.90 Å². The van der Waals surface area contributed by atoms with Crippen LogP contribution in [0, 0.1) is 11.6 Å². The second-order valence-electron chi connectivity index (χ2n) is 9.98. The second kappa shape index (κ2) is 15.1. The number of rotatable bonds is 14. The third-order valence-electron chi connectivity index (χ3n) is 6.68. The zero-order valence-electron chi connectivity index (χ0n) is 24.1. The van der Waals surface area contributed by atoms with Gasteiger partial charge < -0.3 is 15.0 Å². The number of anilines is 1. The first-order valence-corrected chi connectivity index (χ1v) is 15.5. The molecule has 8 nitrogen and oxygen atoms in total. The molecule has 0 radical (unpaired) electrons. The van der Waals surface area contributed by atoms with Crippen LogP contribution in [0.25, 0.3) is 0 Å². The van der Waals surface area contributed by atoms with Crippen molar-refractivity contribution in [3.63, 3.8) is 0 Å². The molecule has 0 bridgehead atoms. The van der Waals surface area contributed by atoms with Crippen molar-refractivity contribution in [1.29, 1.82) is 0 Å². The number of hydrogen-bond donors (Lipinski definition) is 2. The predicted molar refractivity (Wildman–Crippen MR) is 163 cm³/mol. The maximum Gasteiger partial charge on any atom is 0.261 e. The quantitative estimate of drug-likeness (QED) is 0.173. The molecule has 0 unspecified atom stereocenters. The van der Waals surface area contributed by atoms with Crippen molar-refractivity contribution >= 4 is 27.5 Å². The molecular weight excluding hydrogens is 588 g/mol. The maximum absolute atomic E-state index is 13.7. The molecule has 230 valence electrons. The lowest BCUT2D eigenvalue weighted by atomic mass is 10.0. The van der Waals surface area contributed by atoms with Crippen molar-refractivity contribution in [3.05, 3.63) is 126 Å². The Bertz CT molecular complexity index is 1630. The molecule has 1 atom stereocenters. The van der Waals surface area contributed by atoms with Crippen molar-refractivity contribution in [2.45, 2.75) is 37.2 Å². The third kappa shape index (κ3) is 8.87. The molecule has 0 heterocycles. The van der Waals surface area contributed by atoms with Gasteiger partial charge in [-0.1, -0.05) is 55.8 Å². The van der Waals surface area contributed by atoms with Crippen molar-refractivity contribution in [2.24, 2.45) is 0 Å². The first kappa shape index (κ1) is 32.2. The third-order valence-corrected chi connectivity index (χ3v) is 8.08. The number of halogens is 2. The van der Waals surface area contributed by atoms with Crippen LogP contribution in [0.15, 0.2) is 108 Å². The molecule has 0 spiro atoms. The minimum Gasteiger partial charge on any atom is -0.484 e. The fourth-order valence-electron chi connectivity index (χ4n) is 4.38. The summed E-state index contributed by atoms with van der Waals surface area (Å²) in [6.07, 6.45) is 1.65. The summed E-state index contributed by atoms with van der Waals surface area (Å²) in [6, 6.07) is 23.9. The highest BCUT2D eigenvalue weighted by Gasteiger charge is 2.31. The minimum absolute atomic E-state index is 0.00939. The monoisotopic (exact) mass is 621 g/mol. The van der Waals surface area contributed by atoms with E-state index in [0.717, 1.165) is 25.0 Å². The fourth-order valence-corrected chi connectivity index (χ4v) is 5.44. The number of nitrogens with one attached hydrogen (secondary N) is 2. The van der Waals surface area contributed by atoms with Gasteiger partial charge in [-0.05, 0) is 78.2 Å². The molecule has 11 heteroatoms. The lowest BCUT2D eigenvalue weighted by Gasteiger charge is -2.31. The zero-order chi connectivity index (χ0) is 31.5. The SMILES string of the molecule is CCCCNC(=O)[C@@H](c1ccccc1)N(Cc1ccc(F)cc1)C(=O)COc1ccc(S(=O)(=O)Nc2ccc(F)cc2)cc1. The summed E-state index contributed by atoms with van der Waals surface area (Å²) in [4.78, 5) is 28.5. The normalized spacial score (nSPS) is 11.8. The number of carbonyl (C=O) groups excluding carboxylic acids is 2. The van der Waals surface area contributed by atoms with Crippen LogP contribution in [0.3, 0.4) is 0 Å². The van der Waals surface area contributed by atoms with Crippen LogP contribution in [0.5, 0.6) is 5.75 Å². The van der Waals surface area contributed by atoms with E-state index in [2.05, 4.69) is 10.0 Å². The van der Waals surface area contributed by atoms with Crippen molar-refractivity contribution < 1.29 is 31.5 Å². The maximum atomic E-state index is 13.7. The number of nitrogens with zero attached hydrogens (tertiary/aromatic N) is 1. The Morgan fingerprint density at radius 1 is 0.841 bits per heavy atom. The summed E-state index contributed by atoms with van der Waals surface area (Å²) in [6.45, 7) is 2.01. The second-order valence-corrected chi connectivity index (χ2v) is 11.7. The van der Waals surface area contributed by atoms with Crippen molar-refractivity contribution in [3.8, 4) is 5.75 Å². The molecule has 0 aliphatic carbocycles. The highest BCUT2D eigenvalue weighted by Crippen LogP contribution is 2.25. The van der Waals surface area contributed by atoms with Gasteiger partial charge in [0.1, 0.15) is 23.4 Å². The van der Waals surface area contributed by atoms with E-state index in [0.29, 0.717) is 17.7 Å². The van der Waals surface area contributed by atoms with Crippen molar-refractivity contribution in [1.82, 2.24) is 10.2 Å². The molecular formula is C33H33F2N3O5S. The minimum atomic E-state index is -3.96. The highest BCUT2D eigenvalue weighted by molar-refractivity contribution is 7.92. The van der Waals surface area contributed by atoms with E-state index < -0.39 is 40.2 Å². The van der Waals surface area contributed by atoms with E-state index in [1.54, 1.807) is 36.4 Å². The van der Waals surface area contributed by atoms with Crippen LogP contribution in [0.1, 0.15) is 36.9 Å². The molecule has 0 aliphatic heterocycles. The van der Waals surface area contributed by atoms with Crippen LogP contribution in [0.4, 0.5) is 14.5 Å². The van der Waals surface area contributed by atoms with E-state index >= 15 is 0 Å². The molecule has 4 rings (SSSR count). The average Bonchev–Trinajstić information content (AvgIpc) is 3.02. The van der Waals surface area contributed by atoms with Crippen LogP contribution in [0.2, 0.25) is 0 Å². The number of benzene rings is 4. The van der Waals surface area contributed by atoms with Crippen LogP contribution >= 0.6 is 0 Å². The Balaban J connectivity index is 1.53. The summed E-state index contributed by atoms with van der Waals surface area (Å²) in [5.74, 6) is -1.56. The van der Waals surface area contributed by atoms with Gasteiger partial charge >= 0.3 is 0 Å². The van der Waals surface area contributed by atoms with E-state index in [1.165, 1.54) is 53.4 Å². The van der Waals surface area contributed by atoms with Crippen LogP contribution < -0.4 is 14.8 Å². The molecule has 0 saturated heterocycles. The number of sulfonamides is 1. The van der Waals surface area contributed by atoms with Gasteiger partial charge in [-0.2, -0.15) is 0 Å². The van der Waals surface area contributed by atoms with Gasteiger partial charge in [-0.3, -0.25) is 14.3 Å². The lowest BCUT2D eigenvalue weighted by Crippen LogP contribution is -2.45. The Hall–Kier alpha value is -4.77. The first-order valence-electron chi connectivity index (χ1n) is 14.0. The molecule has 2 N–H and O–H groups in total. The number of carbonyl (C=O) groups is 2. The van der Waals surface area contributed by atoms with E-state index in [4.69, 9.17) is 4.74 Å². The van der Waals surface area contributed by atoms with Crippen molar-refractivity contribution in [2.75, 3.05) is 17.9 Å². The molecule has 44 heavy (non-hydrogen) atoms. The summed E-state index contributed by atoms with van der Waals surface area (Å²) in [5, 5.41) is 2.91. The molecule has 2 amide bonds.